The predicted octanol–water partition coefficient (Wildman–Crippen LogP) is 1.30. The van der Waals surface area contributed by atoms with Crippen LogP contribution in [0.25, 0.3) is 0 Å². The fourth-order valence-electron chi connectivity index (χ4n) is 4.16. The second-order valence-corrected chi connectivity index (χ2v) is 8.38. The van der Waals surface area contributed by atoms with Crippen LogP contribution in [0.3, 0.4) is 0 Å². The Balaban J connectivity index is 1.78. The van der Waals surface area contributed by atoms with Crippen molar-refractivity contribution in [2.45, 2.75) is 43.8 Å². The van der Waals surface area contributed by atoms with Gasteiger partial charge < -0.3 is 5.11 Å². The number of sulfonamides is 1. The molecule has 0 amide bonds. The second-order valence-electron chi connectivity index (χ2n) is 6.23. The normalized spacial score (nSPS) is 39.6. The van der Waals surface area contributed by atoms with Crippen molar-refractivity contribution in [2.75, 3.05) is 13.1 Å². The van der Waals surface area contributed by atoms with Crippen LogP contribution in [0.4, 0.5) is 0 Å². The van der Waals surface area contributed by atoms with E-state index in [0.717, 1.165) is 12.8 Å². The van der Waals surface area contributed by atoms with Crippen molar-refractivity contribution >= 4 is 16.0 Å². The summed E-state index contributed by atoms with van der Waals surface area (Å²) in [5, 5.41) is 8.48. The monoisotopic (exact) mass is 287 g/mol. The summed E-state index contributed by atoms with van der Waals surface area (Å²) in [4.78, 5) is 11.2. The van der Waals surface area contributed by atoms with Crippen molar-refractivity contribution in [3.05, 3.63) is 0 Å². The van der Waals surface area contributed by atoms with E-state index in [1.165, 1.54) is 6.42 Å². The summed E-state index contributed by atoms with van der Waals surface area (Å²) in [6.45, 7) is 1.24. The van der Waals surface area contributed by atoms with Crippen molar-refractivity contribution in [3.8, 4) is 0 Å². The third-order valence-corrected chi connectivity index (χ3v) is 7.55. The van der Waals surface area contributed by atoms with Crippen molar-refractivity contribution in [1.29, 1.82) is 0 Å². The van der Waals surface area contributed by atoms with Gasteiger partial charge >= 0.3 is 5.97 Å². The molecule has 3 aliphatic rings. The van der Waals surface area contributed by atoms with Crippen LogP contribution in [0.1, 0.15) is 38.5 Å². The van der Waals surface area contributed by atoms with Crippen LogP contribution in [0, 0.1) is 17.8 Å². The lowest BCUT2D eigenvalue weighted by atomic mass is 10.0. The second kappa shape index (κ2) is 4.74. The maximum Gasteiger partial charge on any atom is 0.307 e. The van der Waals surface area contributed by atoms with Gasteiger partial charge in [0.15, 0.2) is 0 Å². The van der Waals surface area contributed by atoms with Crippen molar-refractivity contribution in [3.63, 3.8) is 0 Å². The van der Waals surface area contributed by atoms with Crippen LogP contribution in [0.5, 0.6) is 0 Å². The van der Waals surface area contributed by atoms with Crippen molar-refractivity contribution < 1.29 is 18.3 Å². The van der Waals surface area contributed by atoms with Crippen LogP contribution in [0.2, 0.25) is 0 Å². The fourth-order valence-corrected chi connectivity index (χ4v) is 6.47. The van der Waals surface area contributed by atoms with Gasteiger partial charge in [-0.3, -0.25) is 4.79 Å². The van der Waals surface area contributed by atoms with E-state index in [-0.39, 0.29) is 0 Å². The summed E-state index contributed by atoms with van der Waals surface area (Å²) >= 11 is 0. The minimum atomic E-state index is -3.42. The molecule has 2 saturated carbocycles. The van der Waals surface area contributed by atoms with E-state index in [1.54, 1.807) is 4.31 Å². The number of nitrogens with zero attached hydrogens (tertiary/aromatic N) is 1. The Morgan fingerprint density at radius 1 is 1.00 bits per heavy atom. The van der Waals surface area contributed by atoms with Gasteiger partial charge in [0.2, 0.25) is 10.0 Å². The molecule has 108 valence electrons. The number of fused-ring (bicyclic) bond motifs is 1. The SMILES string of the molecule is O=C(O)C1CCCC1S(=O)(=O)N1CC2CCCC2C1. The molecule has 6 heteroatoms. The van der Waals surface area contributed by atoms with Crippen LogP contribution in [0.15, 0.2) is 0 Å². The van der Waals surface area contributed by atoms with E-state index in [2.05, 4.69) is 0 Å². The molecule has 0 aromatic rings. The first-order chi connectivity index (χ1) is 9.00. The number of carbonyl (C=O) groups is 1. The molecular formula is C13H21NO4S. The van der Waals surface area contributed by atoms with Crippen LogP contribution in [-0.4, -0.2) is 42.1 Å². The van der Waals surface area contributed by atoms with Crippen molar-refractivity contribution in [2.24, 2.45) is 17.8 Å². The molecule has 0 spiro atoms. The Bertz CT molecular complexity index is 463. The molecule has 4 atom stereocenters. The Labute approximate surface area is 114 Å². The Hall–Kier alpha value is -0.620. The molecule has 1 aliphatic heterocycles. The number of carboxylic acid groups (broad SMARTS) is 1. The summed E-state index contributed by atoms with van der Waals surface area (Å²) in [6.07, 6.45) is 5.18. The first-order valence-corrected chi connectivity index (χ1v) is 8.72. The summed E-state index contributed by atoms with van der Waals surface area (Å²) < 4.78 is 26.9. The predicted molar refractivity (Wildman–Crippen MR) is 70.1 cm³/mol. The topological polar surface area (TPSA) is 74.7 Å². The highest BCUT2D eigenvalue weighted by atomic mass is 32.2. The Kier molecular flexibility index (Phi) is 3.33. The molecule has 0 aromatic heterocycles. The molecule has 1 N–H and O–H groups in total. The zero-order valence-corrected chi connectivity index (χ0v) is 11.8. The number of rotatable bonds is 3. The number of carboxylic acids is 1. The van der Waals surface area contributed by atoms with E-state index in [1.807, 2.05) is 0 Å². The number of aliphatic carboxylic acids is 1. The van der Waals surface area contributed by atoms with Gasteiger partial charge in [-0.25, -0.2) is 12.7 Å². The average Bonchev–Trinajstić information content (AvgIpc) is 3.03. The molecule has 3 fully saturated rings. The van der Waals surface area contributed by atoms with E-state index >= 15 is 0 Å². The first kappa shape index (κ1) is 13.4. The standard InChI is InChI=1S/C13H21NO4S/c15-13(16)11-5-2-6-12(11)19(17,18)14-7-9-3-1-4-10(9)8-14/h9-12H,1-8H2,(H,15,16). The zero-order valence-electron chi connectivity index (χ0n) is 11.0. The molecule has 5 nitrogen and oxygen atoms in total. The highest BCUT2D eigenvalue weighted by molar-refractivity contribution is 7.89. The number of hydrogen-bond acceptors (Lipinski definition) is 3. The van der Waals surface area contributed by atoms with Crippen LogP contribution >= 0.6 is 0 Å². The minimum Gasteiger partial charge on any atom is -0.481 e. The summed E-state index contributed by atoms with van der Waals surface area (Å²) in [7, 11) is -3.42. The molecule has 0 bridgehead atoms. The smallest absolute Gasteiger partial charge is 0.307 e. The minimum absolute atomic E-state index is 0.500. The first-order valence-electron chi connectivity index (χ1n) is 7.22. The van der Waals surface area contributed by atoms with Crippen molar-refractivity contribution in [1.82, 2.24) is 4.31 Å². The van der Waals surface area contributed by atoms with Gasteiger partial charge in [-0.1, -0.05) is 12.8 Å². The quantitative estimate of drug-likeness (QED) is 0.849. The lowest BCUT2D eigenvalue weighted by molar-refractivity contribution is -0.141. The third-order valence-electron chi connectivity index (χ3n) is 5.21. The molecule has 4 unspecified atom stereocenters. The van der Waals surface area contributed by atoms with Gasteiger partial charge in [-0.05, 0) is 37.5 Å². The molecule has 1 heterocycles. The third kappa shape index (κ3) is 2.18. The summed E-state index contributed by atoms with van der Waals surface area (Å²) in [6, 6.07) is 0. The van der Waals surface area contributed by atoms with E-state index in [0.29, 0.717) is 44.2 Å². The Morgan fingerprint density at radius 2 is 1.58 bits per heavy atom. The molecule has 1 saturated heterocycles. The van der Waals surface area contributed by atoms with Crippen LogP contribution in [-0.2, 0) is 14.8 Å². The van der Waals surface area contributed by atoms with Gasteiger partial charge in [0.25, 0.3) is 0 Å². The molecule has 19 heavy (non-hydrogen) atoms. The van der Waals surface area contributed by atoms with Gasteiger partial charge in [0.05, 0.1) is 11.2 Å². The average molecular weight is 287 g/mol. The fraction of sp³-hybridized carbons (Fsp3) is 0.923. The van der Waals surface area contributed by atoms with E-state index in [9.17, 15) is 13.2 Å². The highest BCUT2D eigenvalue weighted by Gasteiger charge is 2.48. The van der Waals surface area contributed by atoms with E-state index < -0.39 is 27.2 Å². The van der Waals surface area contributed by atoms with Gasteiger partial charge in [0.1, 0.15) is 0 Å². The summed E-state index contributed by atoms with van der Waals surface area (Å²) in [5.41, 5.74) is 0. The zero-order chi connectivity index (χ0) is 13.6. The Morgan fingerprint density at radius 3 is 2.16 bits per heavy atom. The number of hydrogen-bond donors (Lipinski definition) is 1. The van der Waals surface area contributed by atoms with Gasteiger partial charge in [0, 0.05) is 13.1 Å². The molecule has 0 radical (unpaired) electrons. The lowest BCUT2D eigenvalue weighted by Gasteiger charge is -2.24. The van der Waals surface area contributed by atoms with Gasteiger partial charge in [-0.15, -0.1) is 0 Å². The maximum absolute atomic E-state index is 12.6. The summed E-state index contributed by atoms with van der Waals surface area (Å²) in [5.74, 6) is -0.630. The highest BCUT2D eigenvalue weighted by Crippen LogP contribution is 2.41. The molecule has 3 rings (SSSR count). The lowest BCUT2D eigenvalue weighted by Crippen LogP contribution is -2.41. The van der Waals surface area contributed by atoms with E-state index in [4.69, 9.17) is 5.11 Å². The maximum atomic E-state index is 12.6. The largest absolute Gasteiger partial charge is 0.481 e. The molecule has 2 aliphatic carbocycles. The van der Waals surface area contributed by atoms with Crippen LogP contribution < -0.4 is 0 Å². The molecule has 0 aromatic carbocycles. The van der Waals surface area contributed by atoms with Gasteiger partial charge in [-0.2, -0.15) is 0 Å². The molecular weight excluding hydrogens is 266 g/mol.